The first-order valence-electron chi connectivity index (χ1n) is 5.97. The van der Waals surface area contributed by atoms with Crippen molar-refractivity contribution in [3.8, 4) is 0 Å². The van der Waals surface area contributed by atoms with Gasteiger partial charge in [-0.15, -0.1) is 11.3 Å². The summed E-state index contributed by atoms with van der Waals surface area (Å²) in [5.41, 5.74) is 1.24. The van der Waals surface area contributed by atoms with Gasteiger partial charge >= 0.3 is 0 Å². The molecule has 0 bridgehead atoms. The van der Waals surface area contributed by atoms with E-state index in [0.717, 1.165) is 35.2 Å². The second kappa shape index (κ2) is 6.55. The van der Waals surface area contributed by atoms with Gasteiger partial charge in [-0.25, -0.2) is 0 Å². The third kappa shape index (κ3) is 3.55. The predicted octanol–water partition coefficient (Wildman–Crippen LogP) is 3.99. The molecule has 0 unspecified atom stereocenters. The van der Waals surface area contributed by atoms with Gasteiger partial charge in [0.2, 0.25) is 0 Å². The number of amides is 1. The molecule has 2 nitrogen and oxygen atoms in total. The quantitative estimate of drug-likeness (QED) is 0.790. The zero-order valence-electron chi connectivity index (χ0n) is 10.7. The molecule has 1 amide bonds. The summed E-state index contributed by atoms with van der Waals surface area (Å²) in [4.78, 5) is 12.8. The number of carbonyl (C=O) groups excluding carboxylic acids is 1. The number of hydrogen-bond acceptors (Lipinski definition) is 2. The minimum atomic E-state index is 0.0599. The third-order valence-corrected chi connectivity index (χ3v) is 5.68. The average Bonchev–Trinajstić information content (AvgIpc) is 2.78. The molecule has 17 heavy (non-hydrogen) atoms. The second-order valence-corrected chi connectivity index (χ2v) is 5.93. The molecule has 4 heteroatoms. The Morgan fingerprint density at radius 1 is 1.47 bits per heavy atom. The van der Waals surface area contributed by atoms with Crippen LogP contribution in [0.25, 0.3) is 0 Å². The zero-order chi connectivity index (χ0) is 12.9. The molecule has 0 saturated heterocycles. The van der Waals surface area contributed by atoms with Crippen molar-refractivity contribution in [1.82, 2.24) is 5.32 Å². The van der Waals surface area contributed by atoms with E-state index in [-0.39, 0.29) is 11.3 Å². The van der Waals surface area contributed by atoms with E-state index in [1.807, 2.05) is 18.4 Å². The Balaban J connectivity index is 2.62. The average molecular weight is 318 g/mol. The molecule has 0 spiro atoms. The summed E-state index contributed by atoms with van der Waals surface area (Å²) in [6.45, 7) is 7.06. The van der Waals surface area contributed by atoms with Crippen molar-refractivity contribution in [2.24, 2.45) is 5.41 Å². The number of halogens is 1. The van der Waals surface area contributed by atoms with Crippen LogP contribution >= 0.6 is 27.3 Å². The molecule has 96 valence electrons. The minimum Gasteiger partial charge on any atom is -0.351 e. The Hall–Kier alpha value is -0.350. The van der Waals surface area contributed by atoms with Crippen LogP contribution in [-0.4, -0.2) is 17.8 Å². The fraction of sp³-hybridized carbons (Fsp3) is 0.615. The summed E-state index contributed by atoms with van der Waals surface area (Å²) >= 11 is 5.07. The van der Waals surface area contributed by atoms with E-state index in [9.17, 15) is 4.79 Å². The van der Waals surface area contributed by atoms with Gasteiger partial charge in [0.1, 0.15) is 0 Å². The summed E-state index contributed by atoms with van der Waals surface area (Å²) in [6, 6.07) is 1.98. The first-order chi connectivity index (χ1) is 8.08. The molecule has 0 saturated carbocycles. The minimum absolute atomic E-state index is 0.0599. The predicted molar refractivity (Wildman–Crippen MR) is 78.2 cm³/mol. The van der Waals surface area contributed by atoms with Gasteiger partial charge in [-0.3, -0.25) is 4.79 Å². The van der Waals surface area contributed by atoms with Crippen LogP contribution in [0.4, 0.5) is 0 Å². The first-order valence-corrected chi connectivity index (χ1v) is 7.97. The second-order valence-electron chi connectivity index (χ2n) is 4.46. The zero-order valence-corrected chi connectivity index (χ0v) is 13.1. The maximum absolute atomic E-state index is 12.0. The van der Waals surface area contributed by atoms with Gasteiger partial charge in [-0.1, -0.05) is 29.8 Å². The normalized spacial score (nSPS) is 11.5. The lowest BCUT2D eigenvalue weighted by Gasteiger charge is -2.29. The van der Waals surface area contributed by atoms with Crippen molar-refractivity contribution in [2.75, 3.05) is 11.9 Å². The molecular weight excluding hydrogens is 298 g/mol. The summed E-state index contributed by atoms with van der Waals surface area (Å²) in [7, 11) is 0. The number of rotatable bonds is 6. The Morgan fingerprint density at radius 2 is 2.12 bits per heavy atom. The largest absolute Gasteiger partial charge is 0.351 e. The van der Waals surface area contributed by atoms with Gasteiger partial charge in [-0.05, 0) is 42.2 Å². The molecule has 0 aliphatic rings. The molecule has 0 atom stereocenters. The number of aryl methyl sites for hydroxylation is 1. The topological polar surface area (TPSA) is 29.1 Å². The number of hydrogen-bond donors (Lipinski definition) is 1. The molecule has 1 heterocycles. The lowest BCUT2D eigenvalue weighted by molar-refractivity contribution is 0.0936. The number of thiophene rings is 1. The van der Waals surface area contributed by atoms with Crippen LogP contribution in [0.3, 0.4) is 0 Å². The molecular formula is C13H20BrNOS. The van der Waals surface area contributed by atoms with Crippen LogP contribution < -0.4 is 5.32 Å². The fourth-order valence-electron chi connectivity index (χ4n) is 1.69. The van der Waals surface area contributed by atoms with Crippen molar-refractivity contribution in [3.05, 3.63) is 21.9 Å². The Bertz CT molecular complexity index is 363. The molecule has 1 aromatic heterocycles. The van der Waals surface area contributed by atoms with E-state index in [2.05, 4.69) is 35.1 Å². The Kier molecular flexibility index (Phi) is 5.67. The number of nitrogens with one attached hydrogen (secondary N) is 1. The number of alkyl halides is 1. The highest BCUT2D eigenvalue weighted by Crippen LogP contribution is 2.28. The Morgan fingerprint density at radius 3 is 2.53 bits per heavy atom. The van der Waals surface area contributed by atoms with E-state index in [0.29, 0.717) is 0 Å². The smallest absolute Gasteiger partial charge is 0.261 e. The van der Waals surface area contributed by atoms with Crippen molar-refractivity contribution in [1.29, 1.82) is 0 Å². The fourth-order valence-corrected chi connectivity index (χ4v) is 3.52. The Labute approximate surface area is 116 Å². The van der Waals surface area contributed by atoms with Crippen LogP contribution in [0, 0.1) is 12.3 Å². The van der Waals surface area contributed by atoms with Gasteiger partial charge in [0.25, 0.3) is 5.91 Å². The number of carbonyl (C=O) groups is 1. The maximum Gasteiger partial charge on any atom is 0.261 e. The van der Waals surface area contributed by atoms with Crippen LogP contribution in [0.15, 0.2) is 11.4 Å². The SMILES string of the molecule is CCC(CC)(CBr)CNC(=O)c1sccc1C. The first kappa shape index (κ1) is 14.7. The van der Waals surface area contributed by atoms with Crippen molar-refractivity contribution >= 4 is 33.2 Å². The van der Waals surface area contributed by atoms with Gasteiger partial charge in [0.15, 0.2) is 0 Å². The standard InChI is InChI=1S/C13H20BrNOS/c1-4-13(5-2,8-14)9-15-12(16)11-10(3)6-7-17-11/h6-7H,4-5,8-9H2,1-3H3,(H,15,16). The van der Waals surface area contributed by atoms with Gasteiger partial charge in [-0.2, -0.15) is 0 Å². The molecule has 0 aliphatic carbocycles. The maximum atomic E-state index is 12.0. The van der Waals surface area contributed by atoms with Crippen molar-refractivity contribution in [2.45, 2.75) is 33.6 Å². The highest BCUT2D eigenvalue weighted by Gasteiger charge is 2.25. The highest BCUT2D eigenvalue weighted by atomic mass is 79.9. The summed E-state index contributed by atoms with van der Waals surface area (Å²) in [6.07, 6.45) is 2.14. The monoisotopic (exact) mass is 317 g/mol. The van der Waals surface area contributed by atoms with Crippen LogP contribution in [-0.2, 0) is 0 Å². The summed E-state index contributed by atoms with van der Waals surface area (Å²) < 4.78 is 0. The van der Waals surface area contributed by atoms with E-state index >= 15 is 0 Å². The van der Waals surface area contributed by atoms with Gasteiger partial charge in [0, 0.05) is 11.9 Å². The molecule has 1 rings (SSSR count). The highest BCUT2D eigenvalue weighted by molar-refractivity contribution is 9.09. The molecule has 0 radical (unpaired) electrons. The molecule has 1 aromatic rings. The van der Waals surface area contributed by atoms with Gasteiger partial charge < -0.3 is 5.32 Å². The molecule has 0 aromatic carbocycles. The third-order valence-electron chi connectivity index (χ3n) is 3.48. The van der Waals surface area contributed by atoms with Crippen molar-refractivity contribution < 1.29 is 4.79 Å². The van der Waals surface area contributed by atoms with E-state index in [1.165, 1.54) is 11.3 Å². The lowest BCUT2D eigenvalue weighted by atomic mass is 9.84. The molecule has 1 N–H and O–H groups in total. The molecule has 0 aliphatic heterocycles. The summed E-state index contributed by atoms with van der Waals surface area (Å²) in [5.74, 6) is 0.0599. The van der Waals surface area contributed by atoms with Crippen LogP contribution in [0.1, 0.15) is 41.9 Å². The van der Waals surface area contributed by atoms with E-state index in [4.69, 9.17) is 0 Å². The molecule has 0 fully saturated rings. The van der Waals surface area contributed by atoms with Crippen molar-refractivity contribution in [3.63, 3.8) is 0 Å². The van der Waals surface area contributed by atoms with E-state index < -0.39 is 0 Å². The van der Waals surface area contributed by atoms with Crippen LogP contribution in [0.5, 0.6) is 0 Å². The van der Waals surface area contributed by atoms with E-state index in [1.54, 1.807) is 0 Å². The lowest BCUT2D eigenvalue weighted by Crippen LogP contribution is -2.38. The summed E-state index contributed by atoms with van der Waals surface area (Å²) in [5, 5.41) is 5.95. The van der Waals surface area contributed by atoms with Crippen LogP contribution in [0.2, 0.25) is 0 Å². The van der Waals surface area contributed by atoms with Gasteiger partial charge in [0.05, 0.1) is 4.88 Å².